The fraction of sp³-hybridized carbons (Fsp3) is 0.600. The van der Waals surface area contributed by atoms with Gasteiger partial charge in [-0.25, -0.2) is 8.42 Å². The average molecular weight is 329 g/mol. The van der Waals surface area contributed by atoms with Gasteiger partial charge in [0, 0.05) is 12.7 Å². The molecule has 1 heterocycles. The molecule has 7 nitrogen and oxygen atoms in total. The van der Waals surface area contributed by atoms with Crippen LogP contribution in [0.4, 0.5) is 13.2 Å². The molecule has 0 saturated carbocycles. The summed E-state index contributed by atoms with van der Waals surface area (Å²) in [5, 5.41) is 12.0. The summed E-state index contributed by atoms with van der Waals surface area (Å²) in [4.78, 5) is 10.2. The molecule has 0 spiro atoms. The van der Waals surface area contributed by atoms with Gasteiger partial charge in [-0.2, -0.15) is 22.6 Å². The van der Waals surface area contributed by atoms with E-state index in [9.17, 15) is 26.4 Å². The number of hydrogen-bond donors (Lipinski definition) is 1. The first kappa shape index (κ1) is 17.4. The van der Waals surface area contributed by atoms with Gasteiger partial charge in [0.15, 0.2) is 0 Å². The Hall–Kier alpha value is -1.62. The highest BCUT2D eigenvalue weighted by molar-refractivity contribution is 7.89. The lowest BCUT2D eigenvalue weighted by Crippen LogP contribution is -2.36. The molecule has 1 aromatic rings. The maximum Gasteiger partial charge on any atom is 0.408 e. The molecule has 1 rings (SSSR count). The molecule has 21 heavy (non-hydrogen) atoms. The van der Waals surface area contributed by atoms with Crippen LogP contribution in [0.3, 0.4) is 0 Å². The fourth-order valence-electron chi connectivity index (χ4n) is 1.58. The van der Waals surface area contributed by atoms with Gasteiger partial charge in [0.05, 0.1) is 6.20 Å². The van der Waals surface area contributed by atoms with Gasteiger partial charge in [-0.1, -0.05) is 6.92 Å². The molecule has 0 unspecified atom stereocenters. The molecule has 0 aliphatic rings. The van der Waals surface area contributed by atoms with Crippen molar-refractivity contribution in [2.75, 3.05) is 13.1 Å². The molecule has 120 valence electrons. The van der Waals surface area contributed by atoms with Crippen molar-refractivity contribution in [2.24, 2.45) is 0 Å². The molecule has 1 aromatic heterocycles. The highest BCUT2D eigenvalue weighted by Gasteiger charge is 2.31. The Morgan fingerprint density at radius 2 is 2.10 bits per heavy atom. The highest BCUT2D eigenvalue weighted by Crippen LogP contribution is 2.20. The van der Waals surface area contributed by atoms with Crippen molar-refractivity contribution in [3.8, 4) is 0 Å². The Morgan fingerprint density at radius 1 is 1.48 bits per heavy atom. The van der Waals surface area contributed by atoms with E-state index in [0.29, 0.717) is 15.4 Å². The lowest BCUT2D eigenvalue weighted by atomic mass is 10.5. The summed E-state index contributed by atoms with van der Waals surface area (Å²) in [6.07, 6.45) is -2.67. The summed E-state index contributed by atoms with van der Waals surface area (Å²) in [6.45, 7) is -0.591. The van der Waals surface area contributed by atoms with Crippen LogP contribution in [0.5, 0.6) is 0 Å². The maximum atomic E-state index is 12.2. The topological polar surface area (TPSA) is 92.5 Å². The first-order chi connectivity index (χ1) is 9.56. The molecule has 0 aliphatic carbocycles. The molecule has 0 aliphatic heterocycles. The van der Waals surface area contributed by atoms with E-state index in [4.69, 9.17) is 5.11 Å². The van der Waals surface area contributed by atoms with E-state index in [1.165, 1.54) is 0 Å². The number of carboxylic acid groups (broad SMARTS) is 1. The second kappa shape index (κ2) is 6.43. The number of rotatable bonds is 7. The van der Waals surface area contributed by atoms with Gasteiger partial charge < -0.3 is 5.11 Å². The predicted octanol–water partition coefficient (Wildman–Crippen LogP) is 0.931. The Bertz CT molecular complexity index is 597. The zero-order valence-corrected chi connectivity index (χ0v) is 11.9. The number of carboxylic acids is 1. The molecule has 0 atom stereocenters. The van der Waals surface area contributed by atoms with Crippen LogP contribution < -0.4 is 0 Å². The Morgan fingerprint density at radius 3 is 2.57 bits per heavy atom. The largest absolute Gasteiger partial charge is 0.480 e. The van der Waals surface area contributed by atoms with Crippen molar-refractivity contribution in [1.82, 2.24) is 14.1 Å². The van der Waals surface area contributed by atoms with Crippen LogP contribution in [0.1, 0.15) is 13.3 Å². The van der Waals surface area contributed by atoms with Gasteiger partial charge in [0.2, 0.25) is 10.0 Å². The minimum Gasteiger partial charge on any atom is -0.480 e. The van der Waals surface area contributed by atoms with Crippen molar-refractivity contribution >= 4 is 16.0 Å². The molecule has 0 radical (unpaired) electrons. The summed E-state index contributed by atoms with van der Waals surface area (Å²) in [5.41, 5.74) is 0. The Balaban J connectivity index is 3.02. The van der Waals surface area contributed by atoms with Gasteiger partial charge in [-0.15, -0.1) is 0 Å². The standard InChI is InChI=1S/C10H14F3N3O4S/c1-2-3-16(6-9(17)18)21(19,20)8-4-14-15(5-8)7-10(11,12)13/h4-5H,2-3,6-7H2,1H3,(H,17,18). The quantitative estimate of drug-likeness (QED) is 0.803. The second-order valence-electron chi connectivity index (χ2n) is 4.22. The number of halogens is 3. The third kappa shape index (κ3) is 5.01. The van der Waals surface area contributed by atoms with Crippen molar-refractivity contribution in [3.05, 3.63) is 12.4 Å². The van der Waals surface area contributed by atoms with E-state index in [1.807, 2.05) is 0 Å². The molecule has 0 fully saturated rings. The van der Waals surface area contributed by atoms with Gasteiger partial charge in [-0.3, -0.25) is 9.48 Å². The van der Waals surface area contributed by atoms with Gasteiger partial charge >= 0.3 is 12.1 Å². The van der Waals surface area contributed by atoms with E-state index in [0.717, 1.165) is 12.4 Å². The summed E-state index contributed by atoms with van der Waals surface area (Å²) in [6, 6.07) is 0. The fourth-order valence-corrected chi connectivity index (χ4v) is 3.02. The third-order valence-corrected chi connectivity index (χ3v) is 4.17. The number of nitrogens with zero attached hydrogens (tertiary/aromatic N) is 3. The maximum absolute atomic E-state index is 12.2. The summed E-state index contributed by atoms with van der Waals surface area (Å²) < 4.78 is 62.1. The summed E-state index contributed by atoms with van der Waals surface area (Å²) in [7, 11) is -4.19. The minimum absolute atomic E-state index is 0.0565. The SMILES string of the molecule is CCCN(CC(=O)O)S(=O)(=O)c1cnn(CC(F)(F)F)c1. The van der Waals surface area contributed by atoms with Crippen molar-refractivity contribution in [2.45, 2.75) is 31.0 Å². The van der Waals surface area contributed by atoms with Crippen molar-refractivity contribution in [1.29, 1.82) is 0 Å². The van der Waals surface area contributed by atoms with E-state index in [1.54, 1.807) is 6.92 Å². The smallest absolute Gasteiger partial charge is 0.408 e. The van der Waals surface area contributed by atoms with Crippen LogP contribution in [-0.2, 0) is 21.4 Å². The zero-order chi connectivity index (χ0) is 16.3. The predicted molar refractivity (Wildman–Crippen MR) is 65.0 cm³/mol. The number of sulfonamides is 1. The van der Waals surface area contributed by atoms with Crippen LogP contribution >= 0.6 is 0 Å². The molecule has 1 N–H and O–H groups in total. The van der Waals surface area contributed by atoms with Crippen molar-refractivity contribution < 1.29 is 31.5 Å². The first-order valence-electron chi connectivity index (χ1n) is 5.87. The molecular formula is C10H14F3N3O4S. The Labute approximate surface area is 119 Å². The summed E-state index contributed by atoms with van der Waals surface area (Å²) >= 11 is 0. The van der Waals surface area contributed by atoms with Crippen LogP contribution in [0.2, 0.25) is 0 Å². The normalized spacial score (nSPS) is 12.8. The molecule has 0 aromatic carbocycles. The zero-order valence-electron chi connectivity index (χ0n) is 11.0. The lowest BCUT2D eigenvalue weighted by Gasteiger charge is -2.18. The summed E-state index contributed by atoms with van der Waals surface area (Å²) in [5.74, 6) is -1.35. The monoisotopic (exact) mass is 329 g/mol. The molecule has 0 bridgehead atoms. The molecular weight excluding hydrogens is 315 g/mol. The van der Waals surface area contributed by atoms with E-state index >= 15 is 0 Å². The first-order valence-corrected chi connectivity index (χ1v) is 7.31. The second-order valence-corrected chi connectivity index (χ2v) is 6.16. The lowest BCUT2D eigenvalue weighted by molar-refractivity contribution is -0.142. The van der Waals surface area contributed by atoms with Crippen LogP contribution in [-0.4, -0.2) is 52.8 Å². The highest BCUT2D eigenvalue weighted by atomic mass is 32.2. The van der Waals surface area contributed by atoms with E-state index in [-0.39, 0.29) is 6.54 Å². The number of aliphatic carboxylic acids is 1. The van der Waals surface area contributed by atoms with Gasteiger partial charge in [0.25, 0.3) is 0 Å². The van der Waals surface area contributed by atoms with Gasteiger partial charge in [0.1, 0.15) is 18.0 Å². The van der Waals surface area contributed by atoms with E-state index < -0.39 is 40.2 Å². The van der Waals surface area contributed by atoms with Crippen LogP contribution in [0.15, 0.2) is 17.3 Å². The number of hydrogen-bond acceptors (Lipinski definition) is 4. The van der Waals surface area contributed by atoms with E-state index in [2.05, 4.69) is 5.10 Å². The number of carbonyl (C=O) groups is 1. The number of alkyl halides is 3. The Kier molecular flexibility index (Phi) is 5.34. The molecule has 0 saturated heterocycles. The van der Waals surface area contributed by atoms with Crippen LogP contribution in [0.25, 0.3) is 0 Å². The van der Waals surface area contributed by atoms with Crippen molar-refractivity contribution in [3.63, 3.8) is 0 Å². The minimum atomic E-state index is -4.53. The van der Waals surface area contributed by atoms with Crippen LogP contribution in [0, 0.1) is 0 Å². The third-order valence-electron chi connectivity index (χ3n) is 2.37. The number of aromatic nitrogens is 2. The average Bonchev–Trinajstić information content (AvgIpc) is 2.74. The molecule has 0 amide bonds. The molecule has 11 heteroatoms. The van der Waals surface area contributed by atoms with Gasteiger partial charge in [-0.05, 0) is 6.42 Å².